The summed E-state index contributed by atoms with van der Waals surface area (Å²) in [6.45, 7) is 7.60. The Balaban J connectivity index is 2.98. The zero-order valence-electron chi connectivity index (χ0n) is 10.9. The van der Waals surface area contributed by atoms with E-state index in [1.807, 2.05) is 26.0 Å². The Morgan fingerprint density at radius 3 is 2.71 bits per heavy atom. The number of hydrogen-bond donors (Lipinski definition) is 1. The molecule has 0 saturated carbocycles. The van der Waals surface area contributed by atoms with Gasteiger partial charge in [-0.2, -0.15) is 0 Å². The molecule has 3 heteroatoms. The van der Waals surface area contributed by atoms with Crippen molar-refractivity contribution in [3.8, 4) is 5.75 Å². The number of nitrogens with two attached hydrogens (primary N) is 1. The van der Waals surface area contributed by atoms with Gasteiger partial charge in [0.05, 0.1) is 6.61 Å². The summed E-state index contributed by atoms with van der Waals surface area (Å²) in [4.78, 5) is 0. The average molecular weight is 256 g/mol. The van der Waals surface area contributed by atoms with Crippen LogP contribution in [0.15, 0.2) is 12.1 Å². The van der Waals surface area contributed by atoms with Crippen LogP contribution in [0, 0.1) is 6.92 Å². The number of ether oxygens (including phenoxy) is 1. The first-order chi connectivity index (χ1) is 8.10. The van der Waals surface area contributed by atoms with E-state index in [9.17, 15) is 0 Å². The molecule has 0 amide bonds. The third kappa shape index (κ3) is 3.90. The molecule has 0 aromatic heterocycles. The fourth-order valence-electron chi connectivity index (χ4n) is 1.92. The minimum absolute atomic E-state index is 0.429. The Hall–Kier alpha value is -0.730. The van der Waals surface area contributed by atoms with E-state index in [0.717, 1.165) is 35.7 Å². The van der Waals surface area contributed by atoms with Gasteiger partial charge < -0.3 is 10.5 Å². The van der Waals surface area contributed by atoms with Gasteiger partial charge in [-0.3, -0.25) is 0 Å². The Bertz CT molecular complexity index is 365. The molecule has 0 aliphatic heterocycles. The van der Waals surface area contributed by atoms with E-state index in [2.05, 4.69) is 6.92 Å². The highest BCUT2D eigenvalue weighted by Crippen LogP contribution is 2.34. The van der Waals surface area contributed by atoms with Crippen LogP contribution in [-0.2, 0) is 0 Å². The van der Waals surface area contributed by atoms with Crippen LogP contribution >= 0.6 is 11.6 Å². The monoisotopic (exact) mass is 255 g/mol. The maximum Gasteiger partial charge on any atom is 0.123 e. The van der Waals surface area contributed by atoms with Crippen molar-refractivity contribution in [1.82, 2.24) is 0 Å². The SMILES string of the molecule is CCOc1cc(C)c(Cl)cc1C(C)CCCN. The molecule has 96 valence electrons. The van der Waals surface area contributed by atoms with E-state index in [1.165, 1.54) is 5.56 Å². The molecule has 0 bridgehead atoms. The first-order valence-corrected chi connectivity index (χ1v) is 6.60. The highest BCUT2D eigenvalue weighted by molar-refractivity contribution is 6.31. The molecular weight excluding hydrogens is 234 g/mol. The number of rotatable bonds is 6. The van der Waals surface area contributed by atoms with Gasteiger partial charge in [0.25, 0.3) is 0 Å². The normalized spacial score (nSPS) is 12.5. The smallest absolute Gasteiger partial charge is 0.123 e. The number of halogens is 1. The first-order valence-electron chi connectivity index (χ1n) is 6.23. The minimum atomic E-state index is 0.429. The van der Waals surface area contributed by atoms with E-state index < -0.39 is 0 Å². The van der Waals surface area contributed by atoms with E-state index in [-0.39, 0.29) is 0 Å². The van der Waals surface area contributed by atoms with Crippen molar-refractivity contribution in [2.75, 3.05) is 13.2 Å². The highest BCUT2D eigenvalue weighted by atomic mass is 35.5. The van der Waals surface area contributed by atoms with Crippen molar-refractivity contribution in [1.29, 1.82) is 0 Å². The predicted molar refractivity (Wildman–Crippen MR) is 74.1 cm³/mol. The van der Waals surface area contributed by atoms with Gasteiger partial charge in [0.1, 0.15) is 5.75 Å². The Morgan fingerprint density at radius 1 is 1.41 bits per heavy atom. The summed E-state index contributed by atoms with van der Waals surface area (Å²) in [6, 6.07) is 4.06. The second kappa shape index (κ2) is 6.87. The van der Waals surface area contributed by atoms with E-state index in [4.69, 9.17) is 22.1 Å². The molecular formula is C14H22ClNO. The maximum absolute atomic E-state index is 6.18. The van der Waals surface area contributed by atoms with E-state index in [1.54, 1.807) is 0 Å². The molecule has 0 aliphatic carbocycles. The largest absolute Gasteiger partial charge is 0.494 e. The van der Waals surface area contributed by atoms with Crippen LogP contribution in [0.5, 0.6) is 5.75 Å². The van der Waals surface area contributed by atoms with Gasteiger partial charge in [0.15, 0.2) is 0 Å². The Morgan fingerprint density at radius 2 is 2.12 bits per heavy atom. The van der Waals surface area contributed by atoms with Gasteiger partial charge >= 0.3 is 0 Å². The summed E-state index contributed by atoms with van der Waals surface area (Å²) in [6.07, 6.45) is 2.09. The molecule has 1 atom stereocenters. The fraction of sp³-hybridized carbons (Fsp3) is 0.571. The zero-order chi connectivity index (χ0) is 12.8. The third-order valence-electron chi connectivity index (χ3n) is 2.96. The van der Waals surface area contributed by atoms with Gasteiger partial charge in [-0.1, -0.05) is 18.5 Å². The predicted octanol–water partition coefficient (Wildman–Crippen LogP) is 3.89. The van der Waals surface area contributed by atoms with Crippen LogP contribution in [-0.4, -0.2) is 13.2 Å². The zero-order valence-corrected chi connectivity index (χ0v) is 11.7. The van der Waals surface area contributed by atoms with Gasteiger partial charge in [-0.25, -0.2) is 0 Å². The standard InChI is InChI=1S/C14H22ClNO/c1-4-17-14-8-11(3)13(15)9-12(14)10(2)6-5-7-16/h8-10H,4-7,16H2,1-3H3. The molecule has 0 heterocycles. The summed E-state index contributed by atoms with van der Waals surface area (Å²) < 4.78 is 5.68. The summed E-state index contributed by atoms with van der Waals surface area (Å²) in [7, 11) is 0. The van der Waals surface area contributed by atoms with Crippen molar-refractivity contribution < 1.29 is 4.74 Å². The molecule has 1 unspecified atom stereocenters. The van der Waals surface area contributed by atoms with Gasteiger partial charge in [-0.05, 0) is 62.4 Å². The molecule has 0 saturated heterocycles. The third-order valence-corrected chi connectivity index (χ3v) is 3.37. The lowest BCUT2D eigenvalue weighted by atomic mass is 9.94. The molecule has 0 aliphatic rings. The molecule has 1 aromatic rings. The van der Waals surface area contributed by atoms with E-state index in [0.29, 0.717) is 12.5 Å². The van der Waals surface area contributed by atoms with Crippen molar-refractivity contribution in [3.63, 3.8) is 0 Å². The molecule has 17 heavy (non-hydrogen) atoms. The van der Waals surface area contributed by atoms with Gasteiger partial charge in [0, 0.05) is 5.02 Å². The van der Waals surface area contributed by atoms with Crippen LogP contribution < -0.4 is 10.5 Å². The topological polar surface area (TPSA) is 35.2 Å². The van der Waals surface area contributed by atoms with Gasteiger partial charge in [-0.15, -0.1) is 0 Å². The molecule has 1 rings (SSSR count). The molecule has 1 aromatic carbocycles. The second-order valence-corrected chi connectivity index (χ2v) is 4.81. The van der Waals surface area contributed by atoms with Crippen molar-refractivity contribution in [3.05, 3.63) is 28.3 Å². The van der Waals surface area contributed by atoms with Crippen molar-refractivity contribution in [2.24, 2.45) is 5.73 Å². The Labute approximate surface area is 109 Å². The highest BCUT2D eigenvalue weighted by Gasteiger charge is 2.13. The Kier molecular flexibility index (Phi) is 5.79. The number of benzene rings is 1. The van der Waals surface area contributed by atoms with Crippen LogP contribution in [0.1, 0.15) is 43.7 Å². The lowest BCUT2D eigenvalue weighted by molar-refractivity contribution is 0.333. The summed E-state index contributed by atoms with van der Waals surface area (Å²) in [5.74, 6) is 1.39. The first kappa shape index (κ1) is 14.3. The van der Waals surface area contributed by atoms with Crippen LogP contribution in [0.4, 0.5) is 0 Å². The maximum atomic E-state index is 6.18. The summed E-state index contributed by atoms with van der Waals surface area (Å²) in [5, 5.41) is 0.808. The molecule has 0 fully saturated rings. The van der Waals surface area contributed by atoms with Gasteiger partial charge in [0.2, 0.25) is 0 Å². The van der Waals surface area contributed by atoms with Crippen LogP contribution in [0.3, 0.4) is 0 Å². The second-order valence-electron chi connectivity index (χ2n) is 4.40. The lowest BCUT2D eigenvalue weighted by Crippen LogP contribution is -2.04. The van der Waals surface area contributed by atoms with Crippen LogP contribution in [0.2, 0.25) is 5.02 Å². The quantitative estimate of drug-likeness (QED) is 0.837. The van der Waals surface area contributed by atoms with Crippen molar-refractivity contribution in [2.45, 2.75) is 39.5 Å². The minimum Gasteiger partial charge on any atom is -0.494 e. The summed E-state index contributed by atoms with van der Waals surface area (Å²) >= 11 is 6.18. The lowest BCUT2D eigenvalue weighted by Gasteiger charge is -2.18. The van der Waals surface area contributed by atoms with Crippen molar-refractivity contribution >= 4 is 11.6 Å². The summed E-state index contributed by atoms with van der Waals surface area (Å²) in [5.41, 5.74) is 7.80. The van der Waals surface area contributed by atoms with E-state index >= 15 is 0 Å². The molecule has 2 nitrogen and oxygen atoms in total. The molecule has 0 radical (unpaired) electrons. The molecule has 0 spiro atoms. The van der Waals surface area contributed by atoms with Crippen LogP contribution in [0.25, 0.3) is 0 Å². The fourth-order valence-corrected chi connectivity index (χ4v) is 2.09. The average Bonchev–Trinajstić information content (AvgIpc) is 2.30. The molecule has 2 N–H and O–H groups in total. The number of aryl methyl sites for hydroxylation is 1. The number of hydrogen-bond acceptors (Lipinski definition) is 2.